The average Bonchev–Trinajstić information content (AvgIpc) is 3.30. The highest BCUT2D eigenvalue weighted by molar-refractivity contribution is 7.99. The number of pyridine rings is 1. The summed E-state index contributed by atoms with van der Waals surface area (Å²) in [6.45, 7) is 5.22. The van der Waals surface area contributed by atoms with Crippen molar-refractivity contribution in [1.29, 1.82) is 0 Å². The van der Waals surface area contributed by atoms with Crippen molar-refractivity contribution in [3.63, 3.8) is 0 Å². The first-order valence-corrected chi connectivity index (χ1v) is 12.7. The smallest absolute Gasteiger partial charge is 0.321 e. The van der Waals surface area contributed by atoms with Gasteiger partial charge in [-0.05, 0) is 25.5 Å². The minimum Gasteiger partial charge on any atom is -0.338 e. The van der Waals surface area contributed by atoms with Crippen molar-refractivity contribution >= 4 is 34.6 Å². The van der Waals surface area contributed by atoms with Crippen molar-refractivity contribution in [2.24, 2.45) is 0 Å². The van der Waals surface area contributed by atoms with Gasteiger partial charge >= 0.3 is 6.03 Å². The SMILES string of the molecule is CCCCNC(=O)NC(=O)CSc1nnc(-c2cc(-c3ccccc3)nc3ccccc23)n1CC. The third-order valence-corrected chi connectivity index (χ3v) is 6.43. The van der Waals surface area contributed by atoms with Crippen molar-refractivity contribution in [3.8, 4) is 22.6 Å². The molecule has 8 nitrogen and oxygen atoms in total. The molecular weight excluding hydrogens is 460 g/mol. The van der Waals surface area contributed by atoms with E-state index in [4.69, 9.17) is 4.98 Å². The molecule has 0 saturated heterocycles. The number of benzene rings is 2. The lowest BCUT2D eigenvalue weighted by Crippen LogP contribution is -2.40. The number of carbonyl (C=O) groups is 2. The molecule has 0 fully saturated rings. The molecule has 2 N–H and O–H groups in total. The normalized spacial score (nSPS) is 10.9. The zero-order chi connectivity index (χ0) is 24.6. The summed E-state index contributed by atoms with van der Waals surface area (Å²) >= 11 is 1.25. The van der Waals surface area contributed by atoms with Gasteiger partial charge in [0.15, 0.2) is 11.0 Å². The van der Waals surface area contributed by atoms with E-state index in [-0.39, 0.29) is 11.7 Å². The first-order chi connectivity index (χ1) is 17.1. The summed E-state index contributed by atoms with van der Waals surface area (Å²) in [4.78, 5) is 28.9. The maximum absolute atomic E-state index is 12.3. The maximum atomic E-state index is 12.3. The van der Waals surface area contributed by atoms with Crippen LogP contribution in [0.3, 0.4) is 0 Å². The van der Waals surface area contributed by atoms with E-state index in [0.29, 0.717) is 24.1 Å². The van der Waals surface area contributed by atoms with Gasteiger partial charge in [-0.15, -0.1) is 10.2 Å². The molecule has 2 heterocycles. The van der Waals surface area contributed by atoms with E-state index < -0.39 is 6.03 Å². The van der Waals surface area contributed by atoms with Gasteiger partial charge in [0.25, 0.3) is 0 Å². The zero-order valence-electron chi connectivity index (χ0n) is 19.8. The number of urea groups is 1. The van der Waals surface area contributed by atoms with Gasteiger partial charge in [-0.3, -0.25) is 10.1 Å². The number of thioether (sulfide) groups is 1. The second kappa shape index (κ2) is 11.6. The summed E-state index contributed by atoms with van der Waals surface area (Å²) in [6, 6.07) is 19.6. The molecular formula is C26H28N6O2S. The molecule has 2 aromatic carbocycles. The molecule has 0 spiro atoms. The number of rotatable bonds is 9. The lowest BCUT2D eigenvalue weighted by Gasteiger charge is -2.12. The number of unbranched alkanes of at least 4 members (excludes halogenated alkanes) is 1. The first-order valence-electron chi connectivity index (χ1n) is 11.7. The van der Waals surface area contributed by atoms with E-state index in [9.17, 15) is 9.59 Å². The second-order valence-electron chi connectivity index (χ2n) is 7.93. The molecule has 3 amide bonds. The molecule has 4 aromatic rings. The Balaban J connectivity index is 1.59. The van der Waals surface area contributed by atoms with Gasteiger partial charge in [0.2, 0.25) is 5.91 Å². The van der Waals surface area contributed by atoms with Crippen LogP contribution in [0.15, 0.2) is 65.8 Å². The van der Waals surface area contributed by atoms with Gasteiger partial charge < -0.3 is 9.88 Å². The van der Waals surface area contributed by atoms with Crippen molar-refractivity contribution in [2.45, 2.75) is 38.4 Å². The van der Waals surface area contributed by atoms with Crippen LogP contribution in [-0.4, -0.2) is 44.0 Å². The number of para-hydroxylation sites is 1. The number of hydrogen-bond donors (Lipinski definition) is 2. The summed E-state index contributed by atoms with van der Waals surface area (Å²) in [5.74, 6) is 0.395. The predicted molar refractivity (Wildman–Crippen MR) is 139 cm³/mol. The van der Waals surface area contributed by atoms with Gasteiger partial charge in [-0.1, -0.05) is 73.6 Å². The van der Waals surface area contributed by atoms with Crippen LogP contribution >= 0.6 is 11.8 Å². The van der Waals surface area contributed by atoms with E-state index in [0.717, 1.165) is 40.6 Å². The Morgan fingerprint density at radius 1 is 1.00 bits per heavy atom. The molecule has 0 aliphatic rings. The summed E-state index contributed by atoms with van der Waals surface area (Å²) in [5, 5.41) is 15.5. The molecule has 4 rings (SSSR count). The molecule has 9 heteroatoms. The molecule has 0 bridgehead atoms. The van der Waals surface area contributed by atoms with Gasteiger partial charge in [-0.25, -0.2) is 9.78 Å². The fraction of sp³-hybridized carbons (Fsp3) is 0.269. The Morgan fingerprint density at radius 2 is 1.77 bits per heavy atom. The lowest BCUT2D eigenvalue weighted by molar-refractivity contribution is -0.117. The van der Waals surface area contributed by atoms with Crippen LogP contribution in [0.5, 0.6) is 0 Å². The Bertz CT molecular complexity index is 1320. The van der Waals surface area contributed by atoms with E-state index in [1.807, 2.05) is 79.1 Å². The van der Waals surface area contributed by atoms with Crippen molar-refractivity contribution in [3.05, 3.63) is 60.7 Å². The molecule has 0 saturated carbocycles. The number of amides is 3. The van der Waals surface area contributed by atoms with Crippen LogP contribution in [0.1, 0.15) is 26.7 Å². The highest BCUT2D eigenvalue weighted by atomic mass is 32.2. The molecule has 0 aliphatic heterocycles. The largest absolute Gasteiger partial charge is 0.338 e. The van der Waals surface area contributed by atoms with E-state index in [1.54, 1.807) is 0 Å². The fourth-order valence-corrected chi connectivity index (χ4v) is 4.52. The van der Waals surface area contributed by atoms with Gasteiger partial charge in [0.05, 0.1) is 17.0 Å². The summed E-state index contributed by atoms with van der Waals surface area (Å²) in [6.07, 6.45) is 1.84. The molecule has 0 atom stereocenters. The minimum absolute atomic E-state index is 0.0612. The number of nitrogens with one attached hydrogen (secondary N) is 2. The monoisotopic (exact) mass is 488 g/mol. The Hall–Kier alpha value is -3.72. The summed E-state index contributed by atoms with van der Waals surface area (Å²) < 4.78 is 1.98. The fourth-order valence-electron chi connectivity index (χ4n) is 3.71. The predicted octanol–water partition coefficient (Wildman–Crippen LogP) is 4.90. The lowest BCUT2D eigenvalue weighted by atomic mass is 10.0. The molecule has 180 valence electrons. The summed E-state index contributed by atoms with van der Waals surface area (Å²) in [5.41, 5.74) is 3.67. The third kappa shape index (κ3) is 5.86. The van der Waals surface area contributed by atoms with Crippen LogP contribution in [0.25, 0.3) is 33.5 Å². The maximum Gasteiger partial charge on any atom is 0.321 e. The van der Waals surface area contributed by atoms with Gasteiger partial charge in [0.1, 0.15) is 0 Å². The van der Waals surface area contributed by atoms with Crippen molar-refractivity contribution < 1.29 is 9.59 Å². The second-order valence-corrected chi connectivity index (χ2v) is 8.88. The molecule has 0 unspecified atom stereocenters. The first kappa shape index (κ1) is 24.4. The van der Waals surface area contributed by atoms with Crippen LogP contribution in [0, 0.1) is 0 Å². The molecule has 2 aromatic heterocycles. The van der Waals surface area contributed by atoms with E-state index >= 15 is 0 Å². The molecule has 0 aliphatic carbocycles. The Kier molecular flexibility index (Phi) is 8.10. The van der Waals surface area contributed by atoms with E-state index in [2.05, 4.69) is 20.8 Å². The van der Waals surface area contributed by atoms with Gasteiger partial charge in [-0.2, -0.15) is 0 Å². The number of aromatic nitrogens is 4. The Labute approximate surface area is 208 Å². The number of imide groups is 1. The van der Waals surface area contributed by atoms with Gasteiger partial charge in [0, 0.05) is 29.6 Å². The highest BCUT2D eigenvalue weighted by Gasteiger charge is 2.18. The van der Waals surface area contributed by atoms with Crippen molar-refractivity contribution in [1.82, 2.24) is 30.4 Å². The number of fused-ring (bicyclic) bond motifs is 1. The third-order valence-electron chi connectivity index (χ3n) is 5.46. The Morgan fingerprint density at radius 3 is 2.54 bits per heavy atom. The number of nitrogens with zero attached hydrogens (tertiary/aromatic N) is 4. The molecule has 0 radical (unpaired) electrons. The minimum atomic E-state index is -0.474. The van der Waals surface area contributed by atoms with Crippen LogP contribution in [-0.2, 0) is 11.3 Å². The van der Waals surface area contributed by atoms with E-state index in [1.165, 1.54) is 11.8 Å². The average molecular weight is 489 g/mol. The molecule has 35 heavy (non-hydrogen) atoms. The quantitative estimate of drug-likeness (QED) is 0.257. The van der Waals surface area contributed by atoms with Crippen LogP contribution < -0.4 is 10.6 Å². The highest BCUT2D eigenvalue weighted by Crippen LogP contribution is 2.32. The zero-order valence-corrected chi connectivity index (χ0v) is 20.6. The number of hydrogen-bond acceptors (Lipinski definition) is 6. The van der Waals surface area contributed by atoms with Crippen LogP contribution in [0.2, 0.25) is 0 Å². The number of carbonyl (C=O) groups excluding carboxylic acids is 2. The van der Waals surface area contributed by atoms with Crippen molar-refractivity contribution in [2.75, 3.05) is 12.3 Å². The standard InChI is InChI=1S/C26H28N6O2S/c1-3-5-15-27-25(34)29-23(33)17-35-26-31-30-24(32(26)4-2)20-16-22(18-11-7-6-8-12-18)28-21-14-10-9-13-19(20)21/h6-14,16H,3-5,15,17H2,1-2H3,(H2,27,29,33,34). The summed E-state index contributed by atoms with van der Waals surface area (Å²) in [7, 11) is 0. The topological polar surface area (TPSA) is 102 Å². The van der Waals surface area contributed by atoms with Crippen LogP contribution in [0.4, 0.5) is 4.79 Å².